The van der Waals surface area contributed by atoms with E-state index in [2.05, 4.69) is 14.5 Å². The van der Waals surface area contributed by atoms with Crippen LogP contribution in [0.3, 0.4) is 0 Å². The van der Waals surface area contributed by atoms with Crippen LogP contribution in [0.25, 0.3) is 11.0 Å². The molecule has 1 fully saturated rings. The first kappa shape index (κ1) is 18.4. The molecule has 3 heterocycles. The topological polar surface area (TPSA) is 110 Å². The Bertz CT molecular complexity index is 749. The first-order valence-corrected chi connectivity index (χ1v) is 10.2. The van der Waals surface area contributed by atoms with Crippen molar-refractivity contribution in [2.45, 2.75) is 33.2 Å². The zero-order chi connectivity index (χ0) is 18.0. The van der Waals surface area contributed by atoms with E-state index < -0.39 is 10.8 Å². The molecular weight excluding hydrogens is 342 g/mol. The maximum atomic E-state index is 9.86. The molecule has 0 bridgehead atoms. The Morgan fingerprint density at radius 1 is 1.24 bits per heavy atom. The van der Waals surface area contributed by atoms with Gasteiger partial charge >= 0.3 is 0 Å². The molecule has 0 aromatic carbocycles. The van der Waals surface area contributed by atoms with Gasteiger partial charge in [-0.3, -0.25) is 9.11 Å². The van der Waals surface area contributed by atoms with Crippen molar-refractivity contribution in [2.24, 2.45) is 0 Å². The number of rotatable bonds is 7. The van der Waals surface area contributed by atoms with Gasteiger partial charge < -0.3 is 15.0 Å². The molecule has 0 amide bonds. The monoisotopic (exact) mass is 369 g/mol. The van der Waals surface area contributed by atoms with Crippen molar-refractivity contribution >= 4 is 27.6 Å². The van der Waals surface area contributed by atoms with E-state index in [1.807, 2.05) is 19.9 Å². The average molecular weight is 369 g/mol. The standard InChI is InChI=1S/C16H27N5O3S/c1-12-11-14-15(16(17)18-12)19-13(2)21(14)7-9-24-8-3-5-20-6-4-10-25(20,22)23/h11,22-23H,3-10H2,1-2H3,(H2,17,18). The fourth-order valence-corrected chi connectivity index (χ4v) is 4.86. The third kappa shape index (κ3) is 4.06. The van der Waals surface area contributed by atoms with E-state index in [4.69, 9.17) is 10.5 Å². The Balaban J connectivity index is 1.48. The summed E-state index contributed by atoms with van der Waals surface area (Å²) in [6.45, 7) is 7.16. The molecule has 2 aromatic heterocycles. The summed E-state index contributed by atoms with van der Waals surface area (Å²) in [5, 5.41) is 0. The second-order valence-electron chi connectivity index (χ2n) is 6.41. The lowest BCUT2D eigenvalue weighted by atomic mass is 10.3. The van der Waals surface area contributed by atoms with E-state index in [0.29, 0.717) is 37.9 Å². The highest BCUT2D eigenvalue weighted by Gasteiger charge is 2.27. The molecule has 8 nitrogen and oxygen atoms in total. The fraction of sp³-hybridized carbons (Fsp3) is 0.625. The number of nitrogens with two attached hydrogens (primary N) is 1. The van der Waals surface area contributed by atoms with Crippen molar-refractivity contribution in [1.29, 1.82) is 0 Å². The van der Waals surface area contributed by atoms with Gasteiger partial charge in [0.25, 0.3) is 0 Å². The van der Waals surface area contributed by atoms with E-state index in [1.165, 1.54) is 0 Å². The van der Waals surface area contributed by atoms with E-state index in [0.717, 1.165) is 41.9 Å². The number of anilines is 1. The summed E-state index contributed by atoms with van der Waals surface area (Å²) in [6, 6.07) is 1.99. The van der Waals surface area contributed by atoms with E-state index >= 15 is 0 Å². The van der Waals surface area contributed by atoms with Crippen LogP contribution in [0.1, 0.15) is 24.4 Å². The van der Waals surface area contributed by atoms with Crippen molar-refractivity contribution in [3.05, 3.63) is 17.6 Å². The molecule has 0 radical (unpaired) electrons. The highest BCUT2D eigenvalue weighted by atomic mass is 32.3. The van der Waals surface area contributed by atoms with Gasteiger partial charge in [0.1, 0.15) is 11.3 Å². The number of imidazole rings is 1. The second kappa shape index (κ2) is 7.46. The summed E-state index contributed by atoms with van der Waals surface area (Å²) in [7, 11) is -2.51. The highest BCUT2D eigenvalue weighted by Crippen LogP contribution is 2.48. The molecule has 3 rings (SSSR count). The highest BCUT2D eigenvalue weighted by molar-refractivity contribution is 8.22. The Morgan fingerprint density at radius 2 is 2.04 bits per heavy atom. The van der Waals surface area contributed by atoms with Crippen molar-refractivity contribution in [2.75, 3.05) is 37.8 Å². The molecule has 0 spiro atoms. The molecule has 0 saturated carbocycles. The minimum absolute atomic E-state index is 0.461. The van der Waals surface area contributed by atoms with Crippen LogP contribution in [0, 0.1) is 13.8 Å². The number of pyridine rings is 1. The maximum absolute atomic E-state index is 9.86. The molecule has 4 N–H and O–H groups in total. The Hall–Kier alpha value is -1.39. The summed E-state index contributed by atoms with van der Waals surface area (Å²) in [5.41, 5.74) is 8.55. The molecule has 9 heteroatoms. The molecule has 140 valence electrons. The van der Waals surface area contributed by atoms with Crippen LogP contribution >= 0.6 is 10.8 Å². The Kier molecular flexibility index (Phi) is 5.49. The largest absolute Gasteiger partial charge is 0.382 e. The number of ether oxygens (including phenoxy) is 1. The quantitative estimate of drug-likeness (QED) is 0.643. The average Bonchev–Trinajstić information content (AvgIpc) is 3.03. The molecule has 1 aliphatic rings. The van der Waals surface area contributed by atoms with Crippen molar-refractivity contribution in [3.63, 3.8) is 0 Å². The lowest BCUT2D eigenvalue weighted by Gasteiger charge is -2.36. The van der Waals surface area contributed by atoms with Gasteiger partial charge in [-0.25, -0.2) is 14.3 Å². The molecule has 1 saturated heterocycles. The van der Waals surface area contributed by atoms with Crippen molar-refractivity contribution < 1.29 is 13.8 Å². The third-order valence-electron chi connectivity index (χ3n) is 4.48. The van der Waals surface area contributed by atoms with Crippen LogP contribution in [0.2, 0.25) is 0 Å². The van der Waals surface area contributed by atoms with Crippen LogP contribution < -0.4 is 5.73 Å². The van der Waals surface area contributed by atoms with Gasteiger partial charge in [0.15, 0.2) is 5.82 Å². The smallest absolute Gasteiger partial charge is 0.151 e. The lowest BCUT2D eigenvalue weighted by molar-refractivity contribution is 0.120. The van der Waals surface area contributed by atoms with Gasteiger partial charge in [0.05, 0.1) is 17.9 Å². The van der Waals surface area contributed by atoms with Crippen molar-refractivity contribution in [3.8, 4) is 0 Å². The first-order valence-electron chi connectivity index (χ1n) is 8.57. The van der Waals surface area contributed by atoms with E-state index in [-0.39, 0.29) is 0 Å². The van der Waals surface area contributed by atoms with Crippen LogP contribution in [0.5, 0.6) is 0 Å². The first-order chi connectivity index (χ1) is 11.9. The Morgan fingerprint density at radius 3 is 2.76 bits per heavy atom. The molecule has 0 atom stereocenters. The van der Waals surface area contributed by atoms with Gasteiger partial charge in [0, 0.05) is 31.9 Å². The molecule has 25 heavy (non-hydrogen) atoms. The van der Waals surface area contributed by atoms with Crippen LogP contribution in [0.4, 0.5) is 5.82 Å². The van der Waals surface area contributed by atoms with Gasteiger partial charge in [-0.15, -0.1) is 10.8 Å². The number of aryl methyl sites for hydroxylation is 2. The molecule has 0 unspecified atom stereocenters. The number of nitrogen functional groups attached to an aromatic ring is 1. The predicted octanol–water partition coefficient (Wildman–Crippen LogP) is 2.41. The van der Waals surface area contributed by atoms with E-state index in [9.17, 15) is 9.11 Å². The van der Waals surface area contributed by atoms with Crippen LogP contribution in [-0.2, 0) is 11.3 Å². The minimum atomic E-state index is -2.51. The second-order valence-corrected chi connectivity index (χ2v) is 8.60. The SMILES string of the molecule is Cc1cc2c(nc(C)n2CCOCCCN2CCCS2(O)O)c(N)n1. The Labute approximate surface area is 149 Å². The summed E-state index contributed by atoms with van der Waals surface area (Å²) in [4.78, 5) is 8.75. The van der Waals surface area contributed by atoms with Crippen LogP contribution in [-0.4, -0.2) is 60.0 Å². The fourth-order valence-electron chi connectivity index (χ4n) is 3.24. The molecule has 1 aliphatic heterocycles. The van der Waals surface area contributed by atoms with E-state index in [1.54, 1.807) is 4.31 Å². The van der Waals surface area contributed by atoms with Gasteiger partial charge in [-0.1, -0.05) is 0 Å². The number of aromatic nitrogens is 3. The normalized spacial score (nSPS) is 18.9. The predicted molar refractivity (Wildman–Crippen MR) is 101 cm³/mol. The summed E-state index contributed by atoms with van der Waals surface area (Å²) >= 11 is 0. The van der Waals surface area contributed by atoms with Gasteiger partial charge in [0.2, 0.25) is 0 Å². The zero-order valence-corrected chi connectivity index (χ0v) is 15.6. The minimum Gasteiger partial charge on any atom is -0.382 e. The number of hydrogen-bond acceptors (Lipinski definition) is 7. The maximum Gasteiger partial charge on any atom is 0.151 e. The molecule has 2 aromatic rings. The molecule has 0 aliphatic carbocycles. The van der Waals surface area contributed by atoms with Crippen LogP contribution in [0.15, 0.2) is 6.07 Å². The summed E-state index contributed by atoms with van der Waals surface area (Å²) < 4.78 is 29.3. The third-order valence-corrected chi connectivity index (χ3v) is 6.51. The number of nitrogens with zero attached hydrogens (tertiary/aromatic N) is 4. The van der Waals surface area contributed by atoms with Gasteiger partial charge in [-0.2, -0.15) is 0 Å². The number of hydrogen-bond donors (Lipinski definition) is 3. The summed E-state index contributed by atoms with van der Waals surface area (Å²) in [5.74, 6) is 1.85. The zero-order valence-electron chi connectivity index (χ0n) is 14.8. The lowest BCUT2D eigenvalue weighted by Crippen LogP contribution is -2.24. The van der Waals surface area contributed by atoms with Crippen molar-refractivity contribution in [1.82, 2.24) is 18.8 Å². The van der Waals surface area contributed by atoms with Gasteiger partial charge in [-0.05, 0) is 32.8 Å². The number of fused-ring (bicyclic) bond motifs is 1. The molecular formula is C16H27N5O3S. The summed E-state index contributed by atoms with van der Waals surface area (Å²) in [6.07, 6.45) is 1.64.